The molecule has 1 aliphatic carbocycles. The number of nitrogens with zero attached hydrogens (tertiary/aromatic N) is 2. The smallest absolute Gasteiger partial charge is 0.0509 e. The summed E-state index contributed by atoms with van der Waals surface area (Å²) in [4.78, 5) is 5.46. The third kappa shape index (κ3) is 3.68. The molecular formula is C21H32N2O. The van der Waals surface area contributed by atoms with Crippen LogP contribution >= 0.6 is 0 Å². The summed E-state index contributed by atoms with van der Waals surface area (Å²) >= 11 is 0. The fourth-order valence-electron chi connectivity index (χ4n) is 4.95. The fourth-order valence-corrected chi connectivity index (χ4v) is 4.95. The summed E-state index contributed by atoms with van der Waals surface area (Å²) in [6.07, 6.45) is 5.46. The molecule has 0 aromatic heterocycles. The Morgan fingerprint density at radius 3 is 2.67 bits per heavy atom. The van der Waals surface area contributed by atoms with Gasteiger partial charge in [0, 0.05) is 51.2 Å². The average molecular weight is 328 g/mol. The van der Waals surface area contributed by atoms with Crippen LogP contribution < -0.4 is 0 Å². The van der Waals surface area contributed by atoms with Crippen molar-refractivity contribution in [2.45, 2.75) is 25.7 Å². The van der Waals surface area contributed by atoms with Crippen molar-refractivity contribution in [2.75, 3.05) is 53.0 Å². The maximum Gasteiger partial charge on any atom is 0.0509 e. The van der Waals surface area contributed by atoms with E-state index in [1.165, 1.54) is 70.5 Å². The van der Waals surface area contributed by atoms with Gasteiger partial charge in [0.2, 0.25) is 0 Å². The lowest BCUT2D eigenvalue weighted by Crippen LogP contribution is -2.36. The van der Waals surface area contributed by atoms with Crippen molar-refractivity contribution < 1.29 is 4.74 Å². The Hall–Kier alpha value is -0.900. The van der Waals surface area contributed by atoms with Crippen LogP contribution in [0.25, 0.3) is 0 Å². The van der Waals surface area contributed by atoms with E-state index in [4.69, 9.17) is 4.74 Å². The van der Waals surface area contributed by atoms with Crippen molar-refractivity contribution >= 4 is 0 Å². The average Bonchev–Trinajstić information content (AvgIpc) is 3.22. The van der Waals surface area contributed by atoms with Crippen LogP contribution in [-0.4, -0.2) is 62.8 Å². The first-order chi connectivity index (χ1) is 11.8. The molecular weight excluding hydrogens is 296 g/mol. The molecule has 1 aromatic rings. The van der Waals surface area contributed by atoms with E-state index in [1.807, 2.05) is 7.11 Å². The summed E-state index contributed by atoms with van der Waals surface area (Å²) in [5, 5.41) is 0. The molecule has 1 saturated carbocycles. The number of ether oxygens (including phenoxy) is 1. The highest BCUT2D eigenvalue weighted by Crippen LogP contribution is 2.45. The monoisotopic (exact) mass is 328 g/mol. The molecule has 3 heteroatoms. The third-order valence-corrected chi connectivity index (χ3v) is 6.49. The van der Waals surface area contributed by atoms with Crippen LogP contribution in [0.2, 0.25) is 0 Å². The maximum absolute atomic E-state index is 5.60. The largest absolute Gasteiger partial charge is 0.384 e. The van der Waals surface area contributed by atoms with E-state index >= 15 is 0 Å². The third-order valence-electron chi connectivity index (χ3n) is 6.49. The zero-order valence-electron chi connectivity index (χ0n) is 15.1. The summed E-state index contributed by atoms with van der Waals surface area (Å²) in [5.74, 6) is 1.72. The van der Waals surface area contributed by atoms with Gasteiger partial charge in [0.05, 0.1) is 6.61 Å². The maximum atomic E-state index is 5.60. The van der Waals surface area contributed by atoms with Gasteiger partial charge in [-0.05, 0) is 43.7 Å². The zero-order chi connectivity index (χ0) is 16.4. The Labute approximate surface area is 147 Å². The summed E-state index contributed by atoms with van der Waals surface area (Å²) in [6, 6.07) is 10.9. The first-order valence-electron chi connectivity index (χ1n) is 9.75. The van der Waals surface area contributed by atoms with Gasteiger partial charge in [-0.3, -0.25) is 0 Å². The van der Waals surface area contributed by atoms with Gasteiger partial charge in [0.15, 0.2) is 0 Å². The Kier molecular flexibility index (Phi) is 4.93. The highest BCUT2D eigenvalue weighted by atomic mass is 16.5. The SMILES string of the molecule is COC[C@H]1CN(CC2CC2)C[C@@]12CCN(CCc1ccccc1)C2. The number of benzene rings is 1. The zero-order valence-corrected chi connectivity index (χ0v) is 15.1. The van der Waals surface area contributed by atoms with Gasteiger partial charge in [-0.2, -0.15) is 0 Å². The minimum atomic E-state index is 0.488. The molecule has 3 nitrogen and oxygen atoms in total. The van der Waals surface area contributed by atoms with Crippen molar-refractivity contribution in [3.63, 3.8) is 0 Å². The molecule has 4 rings (SSSR count). The van der Waals surface area contributed by atoms with Crippen LogP contribution in [0.4, 0.5) is 0 Å². The lowest BCUT2D eigenvalue weighted by molar-refractivity contribution is 0.0965. The minimum absolute atomic E-state index is 0.488. The van der Waals surface area contributed by atoms with E-state index in [2.05, 4.69) is 40.1 Å². The van der Waals surface area contributed by atoms with E-state index in [9.17, 15) is 0 Å². The number of rotatable bonds is 7. The quantitative estimate of drug-likeness (QED) is 0.765. The molecule has 2 saturated heterocycles. The molecule has 3 aliphatic rings. The van der Waals surface area contributed by atoms with Crippen molar-refractivity contribution in [2.24, 2.45) is 17.3 Å². The van der Waals surface area contributed by atoms with Crippen LogP contribution in [0, 0.1) is 17.3 Å². The highest BCUT2D eigenvalue weighted by molar-refractivity contribution is 5.15. The van der Waals surface area contributed by atoms with Crippen LogP contribution in [0.15, 0.2) is 30.3 Å². The van der Waals surface area contributed by atoms with Crippen LogP contribution in [0.1, 0.15) is 24.8 Å². The molecule has 0 radical (unpaired) electrons. The molecule has 1 aromatic carbocycles. The number of hydrogen-bond acceptors (Lipinski definition) is 3. The molecule has 132 valence electrons. The van der Waals surface area contributed by atoms with E-state index in [0.717, 1.165) is 18.4 Å². The van der Waals surface area contributed by atoms with Gasteiger partial charge >= 0.3 is 0 Å². The fraction of sp³-hybridized carbons (Fsp3) is 0.714. The second-order valence-electron chi connectivity index (χ2n) is 8.41. The van der Waals surface area contributed by atoms with Gasteiger partial charge < -0.3 is 14.5 Å². The molecule has 1 spiro atoms. The summed E-state index contributed by atoms with van der Waals surface area (Å²) in [7, 11) is 1.87. The number of methoxy groups -OCH3 is 1. The normalized spacial score (nSPS) is 31.3. The van der Waals surface area contributed by atoms with E-state index in [0.29, 0.717) is 5.41 Å². The van der Waals surface area contributed by atoms with Crippen molar-refractivity contribution in [1.29, 1.82) is 0 Å². The van der Waals surface area contributed by atoms with Crippen molar-refractivity contribution in [1.82, 2.24) is 9.80 Å². The first-order valence-corrected chi connectivity index (χ1v) is 9.75. The van der Waals surface area contributed by atoms with Crippen LogP contribution in [0.3, 0.4) is 0 Å². The molecule has 24 heavy (non-hydrogen) atoms. The predicted molar refractivity (Wildman–Crippen MR) is 98.2 cm³/mol. The first kappa shape index (κ1) is 16.6. The molecule has 2 atom stereocenters. The van der Waals surface area contributed by atoms with Gasteiger partial charge in [-0.1, -0.05) is 30.3 Å². The Morgan fingerprint density at radius 2 is 1.92 bits per heavy atom. The predicted octanol–water partition coefficient (Wildman–Crippen LogP) is 2.91. The lowest BCUT2D eigenvalue weighted by Gasteiger charge is -2.30. The Bertz CT molecular complexity index is 530. The van der Waals surface area contributed by atoms with Gasteiger partial charge in [-0.15, -0.1) is 0 Å². The standard InChI is InChI=1S/C21H32N2O/c1-24-15-20-14-23(13-19-7-8-19)17-21(20)10-12-22(16-21)11-9-18-5-3-2-4-6-18/h2-6,19-20H,7-17H2,1H3/t20-,21+/m1/s1. The number of hydrogen-bond donors (Lipinski definition) is 0. The molecule has 0 bridgehead atoms. The molecule has 2 aliphatic heterocycles. The Balaban J connectivity index is 1.35. The molecule has 2 heterocycles. The summed E-state index contributed by atoms with van der Waals surface area (Å²) in [5.41, 5.74) is 1.95. The van der Waals surface area contributed by atoms with E-state index in [1.54, 1.807) is 0 Å². The van der Waals surface area contributed by atoms with Crippen molar-refractivity contribution in [3.05, 3.63) is 35.9 Å². The van der Waals surface area contributed by atoms with Crippen molar-refractivity contribution in [3.8, 4) is 0 Å². The van der Waals surface area contributed by atoms with E-state index in [-0.39, 0.29) is 0 Å². The molecule has 0 N–H and O–H groups in total. The summed E-state index contributed by atoms with van der Waals surface area (Å²) in [6.45, 7) is 8.59. The van der Waals surface area contributed by atoms with Gasteiger partial charge in [0.25, 0.3) is 0 Å². The van der Waals surface area contributed by atoms with Gasteiger partial charge in [-0.25, -0.2) is 0 Å². The van der Waals surface area contributed by atoms with Crippen LogP contribution in [0.5, 0.6) is 0 Å². The summed E-state index contributed by atoms with van der Waals surface area (Å²) < 4.78 is 5.60. The minimum Gasteiger partial charge on any atom is -0.384 e. The topological polar surface area (TPSA) is 15.7 Å². The molecule has 0 amide bonds. The number of likely N-dealkylation sites (tertiary alicyclic amines) is 2. The van der Waals surface area contributed by atoms with Gasteiger partial charge in [0.1, 0.15) is 0 Å². The second-order valence-corrected chi connectivity index (χ2v) is 8.41. The molecule has 3 fully saturated rings. The van der Waals surface area contributed by atoms with E-state index < -0.39 is 0 Å². The highest BCUT2D eigenvalue weighted by Gasteiger charge is 2.50. The molecule has 0 unspecified atom stereocenters. The lowest BCUT2D eigenvalue weighted by atomic mass is 9.77. The van der Waals surface area contributed by atoms with Crippen LogP contribution in [-0.2, 0) is 11.2 Å². The Morgan fingerprint density at radius 1 is 1.12 bits per heavy atom. The second kappa shape index (κ2) is 7.15.